The van der Waals surface area contributed by atoms with Gasteiger partial charge in [-0.05, 0) is 43.8 Å². The minimum Gasteiger partial charge on any atom is -0.473 e. The Labute approximate surface area is 228 Å². The van der Waals surface area contributed by atoms with E-state index < -0.39 is 9.84 Å². The van der Waals surface area contributed by atoms with Gasteiger partial charge in [-0.1, -0.05) is 6.07 Å². The number of nitrogens with zero attached hydrogens (tertiary/aromatic N) is 7. The topological polar surface area (TPSA) is 114 Å². The smallest absolute Gasteiger partial charge is 0.219 e. The maximum absolute atomic E-state index is 11.8. The number of hydrogen-bond donors (Lipinski definition) is 1. The number of H-pyrrole nitrogens is 1. The van der Waals surface area contributed by atoms with E-state index in [2.05, 4.69) is 62.0 Å². The first-order chi connectivity index (χ1) is 18.6. The lowest BCUT2D eigenvalue weighted by atomic mass is 10.0. The zero-order valence-corrected chi connectivity index (χ0v) is 23.6. The molecule has 206 valence electrons. The fraction of sp³-hybridized carbons (Fsp3) is 0.444. The molecule has 39 heavy (non-hydrogen) atoms. The van der Waals surface area contributed by atoms with Crippen LogP contribution in [0.5, 0.6) is 5.88 Å². The fourth-order valence-electron chi connectivity index (χ4n) is 5.48. The van der Waals surface area contributed by atoms with Gasteiger partial charge in [0.05, 0.1) is 46.7 Å². The molecule has 12 heteroatoms. The molecule has 2 bridgehead atoms. The number of ether oxygens (including phenoxy) is 1. The summed E-state index contributed by atoms with van der Waals surface area (Å²) in [5.74, 6) is 0.886. The quantitative estimate of drug-likeness (QED) is 0.414. The molecule has 0 fully saturated rings. The molecular weight excluding hydrogens is 516 g/mol. The van der Waals surface area contributed by atoms with Crippen molar-refractivity contribution >= 4 is 32.9 Å². The van der Waals surface area contributed by atoms with E-state index in [9.17, 15) is 8.42 Å². The van der Waals surface area contributed by atoms with Crippen LogP contribution in [0.25, 0.3) is 34.2 Å². The van der Waals surface area contributed by atoms with Crippen molar-refractivity contribution in [3.63, 3.8) is 0 Å². The van der Waals surface area contributed by atoms with Gasteiger partial charge >= 0.3 is 0 Å². The Balaban J connectivity index is 1.43. The standard InChI is InChI=1S/C27H34N8O3S/c1-18-15-32(2)16-25-20(26-17-34(9-10-35(26)31-25)11-12-39(4,36)37)6-8-24-21-13-19(5-7-23(21)29-30-24)22-14-28-33(3)27(22)38-18/h5-8,13-14,18H,9-12,15-17H2,1-4H3,(H,29,30)/b8-6+/t18-/m0/s1. The van der Waals surface area contributed by atoms with E-state index in [-0.39, 0.29) is 11.9 Å². The number of rotatable bonds is 3. The monoisotopic (exact) mass is 550 g/mol. The molecule has 0 amide bonds. The molecule has 0 unspecified atom stereocenters. The molecule has 0 radical (unpaired) electrons. The van der Waals surface area contributed by atoms with Gasteiger partial charge in [-0.15, -0.1) is 0 Å². The van der Waals surface area contributed by atoms with Crippen molar-refractivity contribution in [2.75, 3.05) is 38.7 Å². The Morgan fingerprint density at radius 1 is 1.15 bits per heavy atom. The molecule has 2 aliphatic rings. The van der Waals surface area contributed by atoms with Crippen LogP contribution in [-0.4, -0.2) is 92.8 Å². The summed E-state index contributed by atoms with van der Waals surface area (Å²) < 4.78 is 33.9. The van der Waals surface area contributed by atoms with Gasteiger partial charge in [-0.25, -0.2) is 13.1 Å². The maximum Gasteiger partial charge on any atom is 0.219 e. The van der Waals surface area contributed by atoms with E-state index >= 15 is 0 Å². The van der Waals surface area contributed by atoms with Crippen LogP contribution in [0, 0.1) is 0 Å². The molecule has 0 spiro atoms. The first-order valence-corrected chi connectivity index (χ1v) is 15.2. The van der Waals surface area contributed by atoms with Crippen LogP contribution in [0.2, 0.25) is 0 Å². The normalized spacial score (nSPS) is 19.6. The van der Waals surface area contributed by atoms with Gasteiger partial charge in [0, 0.05) is 57.0 Å². The zero-order valence-electron chi connectivity index (χ0n) is 22.8. The summed E-state index contributed by atoms with van der Waals surface area (Å²) in [6.45, 7) is 6.09. The average molecular weight is 551 g/mol. The first-order valence-electron chi connectivity index (χ1n) is 13.2. The highest BCUT2D eigenvalue weighted by Crippen LogP contribution is 2.33. The highest BCUT2D eigenvalue weighted by molar-refractivity contribution is 7.90. The van der Waals surface area contributed by atoms with E-state index in [0.717, 1.165) is 63.6 Å². The molecule has 11 nitrogen and oxygen atoms in total. The number of aryl methyl sites for hydroxylation is 1. The number of aromatic amines is 1. The largest absolute Gasteiger partial charge is 0.473 e. The van der Waals surface area contributed by atoms with E-state index in [1.165, 1.54) is 6.26 Å². The molecule has 5 heterocycles. The van der Waals surface area contributed by atoms with Gasteiger partial charge in [-0.2, -0.15) is 15.3 Å². The van der Waals surface area contributed by atoms with Crippen molar-refractivity contribution < 1.29 is 13.2 Å². The molecule has 1 atom stereocenters. The van der Waals surface area contributed by atoms with Gasteiger partial charge in [0.15, 0.2) is 0 Å². The van der Waals surface area contributed by atoms with Crippen LogP contribution in [-0.2, 0) is 36.5 Å². The third-order valence-electron chi connectivity index (χ3n) is 7.45. The second-order valence-corrected chi connectivity index (χ2v) is 13.0. The highest BCUT2D eigenvalue weighted by atomic mass is 32.2. The minimum absolute atomic E-state index is 0.0785. The Bertz CT molecular complexity index is 1670. The van der Waals surface area contributed by atoms with Crippen molar-refractivity contribution in [2.24, 2.45) is 7.05 Å². The van der Waals surface area contributed by atoms with Crippen LogP contribution in [0.15, 0.2) is 24.4 Å². The zero-order chi connectivity index (χ0) is 27.3. The predicted molar refractivity (Wildman–Crippen MR) is 151 cm³/mol. The molecule has 2 aliphatic heterocycles. The van der Waals surface area contributed by atoms with E-state index in [1.54, 1.807) is 4.68 Å². The summed E-state index contributed by atoms with van der Waals surface area (Å²) in [6.07, 6.45) is 7.21. The molecule has 6 rings (SSSR count). The second-order valence-electron chi connectivity index (χ2n) is 10.8. The molecule has 0 saturated heterocycles. The van der Waals surface area contributed by atoms with Crippen LogP contribution >= 0.6 is 0 Å². The van der Waals surface area contributed by atoms with Crippen molar-refractivity contribution in [2.45, 2.75) is 32.7 Å². The summed E-state index contributed by atoms with van der Waals surface area (Å²) in [5, 5.41) is 18.2. The summed E-state index contributed by atoms with van der Waals surface area (Å²) >= 11 is 0. The summed E-state index contributed by atoms with van der Waals surface area (Å²) in [6, 6.07) is 6.22. The van der Waals surface area contributed by atoms with Crippen molar-refractivity contribution in [1.82, 2.24) is 39.6 Å². The maximum atomic E-state index is 11.8. The molecular formula is C27H34N8O3S. The molecule has 0 aliphatic carbocycles. The minimum atomic E-state index is -3.03. The van der Waals surface area contributed by atoms with Gasteiger partial charge in [0.1, 0.15) is 15.9 Å². The molecule has 1 N–H and O–H groups in total. The van der Waals surface area contributed by atoms with Crippen LogP contribution < -0.4 is 4.74 Å². The van der Waals surface area contributed by atoms with Crippen molar-refractivity contribution in [1.29, 1.82) is 0 Å². The number of aromatic nitrogens is 6. The summed E-state index contributed by atoms with van der Waals surface area (Å²) in [4.78, 5) is 4.42. The third-order valence-corrected chi connectivity index (χ3v) is 8.38. The van der Waals surface area contributed by atoms with E-state index in [1.807, 2.05) is 25.4 Å². The SMILES string of the molecule is C[C@H]1CN(C)Cc2nn3c(c2/C=C/c2n[nH]c4ccc(cc24)-c2cnn(C)c2O1)CN(CCS(C)(=O)=O)CC3. The lowest BCUT2D eigenvalue weighted by Gasteiger charge is -2.27. The third kappa shape index (κ3) is 5.23. The summed E-state index contributed by atoms with van der Waals surface area (Å²) in [7, 11) is 0.947. The number of benzene rings is 1. The van der Waals surface area contributed by atoms with Gasteiger partial charge < -0.3 is 4.74 Å². The number of hydrogen-bond acceptors (Lipinski definition) is 8. The molecule has 3 aromatic heterocycles. The van der Waals surface area contributed by atoms with Crippen LogP contribution in [0.3, 0.4) is 0 Å². The number of fused-ring (bicyclic) bond motifs is 6. The molecule has 1 aromatic carbocycles. The van der Waals surface area contributed by atoms with Crippen molar-refractivity contribution in [3.8, 4) is 17.0 Å². The Morgan fingerprint density at radius 2 is 2.00 bits per heavy atom. The van der Waals surface area contributed by atoms with Gasteiger partial charge in [-0.3, -0.25) is 19.6 Å². The second kappa shape index (κ2) is 9.92. The predicted octanol–water partition coefficient (Wildman–Crippen LogP) is 2.40. The van der Waals surface area contributed by atoms with Gasteiger partial charge in [0.2, 0.25) is 5.88 Å². The highest BCUT2D eigenvalue weighted by Gasteiger charge is 2.25. The van der Waals surface area contributed by atoms with Crippen LogP contribution in [0.4, 0.5) is 0 Å². The fourth-order valence-corrected chi connectivity index (χ4v) is 6.07. The average Bonchev–Trinajstić information content (AvgIpc) is 3.55. The lowest BCUT2D eigenvalue weighted by molar-refractivity contribution is 0.148. The number of sulfone groups is 1. The van der Waals surface area contributed by atoms with Crippen molar-refractivity contribution in [3.05, 3.63) is 47.0 Å². The Kier molecular flexibility index (Phi) is 6.56. The first kappa shape index (κ1) is 25.8. The van der Waals surface area contributed by atoms with E-state index in [4.69, 9.17) is 9.84 Å². The number of nitrogens with one attached hydrogen (secondary N) is 1. The Morgan fingerprint density at radius 3 is 2.82 bits per heavy atom. The van der Waals surface area contributed by atoms with Crippen LogP contribution in [0.1, 0.15) is 29.6 Å². The van der Waals surface area contributed by atoms with E-state index in [0.29, 0.717) is 26.2 Å². The summed E-state index contributed by atoms with van der Waals surface area (Å²) in [5.41, 5.74) is 6.89. The van der Waals surface area contributed by atoms with Gasteiger partial charge in [0.25, 0.3) is 0 Å². The molecule has 4 aromatic rings. The lowest BCUT2D eigenvalue weighted by Crippen LogP contribution is -2.37. The molecule has 0 saturated carbocycles. The number of likely N-dealkylation sites (N-methyl/N-ethyl adjacent to an activating group) is 1. The Hall–Kier alpha value is -3.48.